The number of rotatable bonds is 3. The second kappa shape index (κ2) is 4.75. The van der Waals surface area contributed by atoms with Crippen molar-refractivity contribution in [1.29, 1.82) is 0 Å². The molecule has 0 radical (unpaired) electrons. The van der Waals surface area contributed by atoms with E-state index in [0.29, 0.717) is 12.5 Å². The second-order valence-electron chi connectivity index (χ2n) is 4.43. The number of hydrogen-bond donors (Lipinski definition) is 2. The van der Waals surface area contributed by atoms with Gasteiger partial charge in [-0.2, -0.15) is 0 Å². The molecule has 1 aliphatic heterocycles. The molecule has 0 aromatic rings. The molecule has 3 atom stereocenters. The molecule has 3 N–H and O–H groups in total. The first-order valence-corrected chi connectivity index (χ1v) is 5.21. The average molecular weight is 200 g/mol. The number of nitrogens with zero attached hydrogens (tertiary/aromatic N) is 1. The van der Waals surface area contributed by atoms with Crippen LogP contribution in [0, 0.1) is 11.8 Å². The van der Waals surface area contributed by atoms with Crippen molar-refractivity contribution < 1.29 is 9.90 Å². The van der Waals surface area contributed by atoms with Gasteiger partial charge in [0, 0.05) is 19.1 Å². The van der Waals surface area contributed by atoms with Crippen LogP contribution in [0.5, 0.6) is 0 Å². The van der Waals surface area contributed by atoms with Crippen LogP contribution in [0.2, 0.25) is 0 Å². The van der Waals surface area contributed by atoms with E-state index >= 15 is 0 Å². The Morgan fingerprint density at radius 2 is 2.36 bits per heavy atom. The van der Waals surface area contributed by atoms with Gasteiger partial charge in [0.15, 0.2) is 0 Å². The largest absolute Gasteiger partial charge is 0.481 e. The summed E-state index contributed by atoms with van der Waals surface area (Å²) >= 11 is 0. The maximum absolute atomic E-state index is 10.7. The van der Waals surface area contributed by atoms with Crippen molar-refractivity contribution in [2.24, 2.45) is 17.6 Å². The van der Waals surface area contributed by atoms with Gasteiger partial charge in [-0.05, 0) is 18.9 Å². The van der Waals surface area contributed by atoms with Gasteiger partial charge in [0.2, 0.25) is 0 Å². The Hall–Kier alpha value is -0.610. The lowest BCUT2D eigenvalue weighted by atomic mass is 9.94. The quantitative estimate of drug-likeness (QED) is 0.691. The molecule has 1 rings (SSSR count). The highest BCUT2D eigenvalue weighted by Crippen LogP contribution is 2.16. The first-order chi connectivity index (χ1) is 6.50. The highest BCUT2D eigenvalue weighted by molar-refractivity contribution is 5.69. The summed E-state index contributed by atoms with van der Waals surface area (Å²) in [4.78, 5) is 12.8. The number of carboxylic acid groups (broad SMARTS) is 1. The molecular weight excluding hydrogens is 180 g/mol. The summed E-state index contributed by atoms with van der Waals surface area (Å²) in [5.41, 5.74) is 5.93. The fourth-order valence-electron chi connectivity index (χ4n) is 1.80. The van der Waals surface area contributed by atoms with Gasteiger partial charge < -0.3 is 15.7 Å². The van der Waals surface area contributed by atoms with E-state index in [9.17, 15) is 4.79 Å². The van der Waals surface area contributed by atoms with Gasteiger partial charge >= 0.3 is 5.97 Å². The zero-order valence-corrected chi connectivity index (χ0v) is 8.94. The SMILES string of the molecule is CC(CN1CCC(C)C(N)C1)C(=O)O. The average Bonchev–Trinajstić information content (AvgIpc) is 2.11. The van der Waals surface area contributed by atoms with E-state index in [-0.39, 0.29) is 12.0 Å². The van der Waals surface area contributed by atoms with E-state index in [1.165, 1.54) is 0 Å². The first-order valence-electron chi connectivity index (χ1n) is 5.21. The Morgan fingerprint density at radius 3 is 2.86 bits per heavy atom. The van der Waals surface area contributed by atoms with Crippen LogP contribution in [0.3, 0.4) is 0 Å². The van der Waals surface area contributed by atoms with E-state index < -0.39 is 5.97 Å². The van der Waals surface area contributed by atoms with Crippen LogP contribution in [-0.4, -0.2) is 41.7 Å². The third kappa shape index (κ3) is 2.96. The summed E-state index contributed by atoms with van der Waals surface area (Å²) < 4.78 is 0. The Kier molecular flexibility index (Phi) is 3.89. The summed E-state index contributed by atoms with van der Waals surface area (Å²) in [6.07, 6.45) is 1.08. The predicted octanol–water partition coefficient (Wildman–Crippen LogP) is 0.376. The highest BCUT2D eigenvalue weighted by atomic mass is 16.4. The standard InChI is InChI=1S/C10H20N2O2/c1-7-3-4-12(6-9(7)11)5-8(2)10(13)14/h7-9H,3-6,11H2,1-2H3,(H,13,14). The van der Waals surface area contributed by atoms with Crippen LogP contribution in [-0.2, 0) is 4.79 Å². The Bertz CT molecular complexity index is 208. The van der Waals surface area contributed by atoms with Crippen molar-refractivity contribution in [2.75, 3.05) is 19.6 Å². The van der Waals surface area contributed by atoms with Crippen molar-refractivity contribution in [3.8, 4) is 0 Å². The lowest BCUT2D eigenvalue weighted by molar-refractivity contribution is -0.141. The van der Waals surface area contributed by atoms with Gasteiger partial charge in [-0.1, -0.05) is 13.8 Å². The molecule has 0 aromatic carbocycles. The smallest absolute Gasteiger partial charge is 0.307 e. The molecule has 0 bridgehead atoms. The molecule has 0 saturated carbocycles. The second-order valence-corrected chi connectivity index (χ2v) is 4.43. The molecule has 14 heavy (non-hydrogen) atoms. The van der Waals surface area contributed by atoms with Crippen LogP contribution in [0.25, 0.3) is 0 Å². The number of carboxylic acids is 1. The van der Waals surface area contributed by atoms with Gasteiger partial charge in [-0.25, -0.2) is 0 Å². The molecule has 0 spiro atoms. The van der Waals surface area contributed by atoms with Crippen molar-refractivity contribution in [3.05, 3.63) is 0 Å². The zero-order valence-electron chi connectivity index (χ0n) is 8.94. The third-order valence-corrected chi connectivity index (χ3v) is 3.05. The molecule has 0 amide bonds. The van der Waals surface area contributed by atoms with Crippen molar-refractivity contribution in [1.82, 2.24) is 4.90 Å². The Morgan fingerprint density at radius 1 is 1.71 bits per heavy atom. The summed E-state index contributed by atoms with van der Waals surface area (Å²) in [5, 5.41) is 8.77. The first kappa shape index (κ1) is 11.5. The topological polar surface area (TPSA) is 66.6 Å². The molecule has 4 nitrogen and oxygen atoms in total. The monoisotopic (exact) mass is 200 g/mol. The Balaban J connectivity index is 2.36. The highest BCUT2D eigenvalue weighted by Gasteiger charge is 2.25. The summed E-state index contributed by atoms with van der Waals surface area (Å²) in [6, 6.07) is 0.199. The summed E-state index contributed by atoms with van der Waals surface area (Å²) in [7, 11) is 0. The minimum absolute atomic E-state index is 0.199. The van der Waals surface area contributed by atoms with Crippen molar-refractivity contribution in [2.45, 2.75) is 26.3 Å². The van der Waals surface area contributed by atoms with Crippen LogP contribution in [0.1, 0.15) is 20.3 Å². The maximum atomic E-state index is 10.7. The van der Waals surface area contributed by atoms with E-state index in [0.717, 1.165) is 19.5 Å². The normalized spacial score (nSPS) is 31.4. The number of carbonyl (C=O) groups is 1. The summed E-state index contributed by atoms with van der Waals surface area (Å²) in [6.45, 7) is 6.33. The molecule has 1 fully saturated rings. The lowest BCUT2D eigenvalue weighted by Gasteiger charge is -2.35. The van der Waals surface area contributed by atoms with Crippen LogP contribution >= 0.6 is 0 Å². The third-order valence-electron chi connectivity index (χ3n) is 3.05. The molecule has 1 heterocycles. The maximum Gasteiger partial charge on any atom is 0.307 e. The van der Waals surface area contributed by atoms with E-state index in [1.54, 1.807) is 6.92 Å². The molecule has 0 aromatic heterocycles. The molecule has 3 unspecified atom stereocenters. The van der Waals surface area contributed by atoms with Gasteiger partial charge in [0.05, 0.1) is 5.92 Å². The van der Waals surface area contributed by atoms with E-state index in [4.69, 9.17) is 10.8 Å². The van der Waals surface area contributed by atoms with Crippen LogP contribution in [0.4, 0.5) is 0 Å². The lowest BCUT2D eigenvalue weighted by Crippen LogP contribution is -2.49. The van der Waals surface area contributed by atoms with Gasteiger partial charge in [-0.15, -0.1) is 0 Å². The zero-order chi connectivity index (χ0) is 10.7. The van der Waals surface area contributed by atoms with Gasteiger partial charge in [0.1, 0.15) is 0 Å². The minimum Gasteiger partial charge on any atom is -0.481 e. The number of piperidine rings is 1. The van der Waals surface area contributed by atoms with Crippen LogP contribution in [0.15, 0.2) is 0 Å². The van der Waals surface area contributed by atoms with Crippen molar-refractivity contribution in [3.63, 3.8) is 0 Å². The minimum atomic E-state index is -0.725. The molecule has 0 aliphatic carbocycles. The molecule has 1 aliphatic rings. The predicted molar refractivity (Wildman–Crippen MR) is 55.0 cm³/mol. The Labute approximate surface area is 85.1 Å². The molecule has 4 heteroatoms. The number of likely N-dealkylation sites (tertiary alicyclic amines) is 1. The number of hydrogen-bond acceptors (Lipinski definition) is 3. The number of nitrogens with two attached hydrogens (primary N) is 1. The molecular formula is C10H20N2O2. The van der Waals surface area contributed by atoms with Gasteiger partial charge in [0.25, 0.3) is 0 Å². The van der Waals surface area contributed by atoms with Crippen LogP contribution < -0.4 is 5.73 Å². The summed E-state index contributed by atoms with van der Waals surface area (Å²) in [5.74, 6) is -0.459. The molecule has 82 valence electrons. The fraction of sp³-hybridized carbons (Fsp3) is 0.900. The van der Waals surface area contributed by atoms with E-state index in [1.807, 2.05) is 0 Å². The van der Waals surface area contributed by atoms with Crippen molar-refractivity contribution >= 4 is 5.97 Å². The fourth-order valence-corrected chi connectivity index (χ4v) is 1.80. The van der Waals surface area contributed by atoms with Gasteiger partial charge in [-0.3, -0.25) is 4.79 Å². The van der Waals surface area contributed by atoms with E-state index in [2.05, 4.69) is 11.8 Å². The number of aliphatic carboxylic acids is 1. The molecule has 1 saturated heterocycles.